The van der Waals surface area contributed by atoms with Crippen molar-refractivity contribution in [2.75, 3.05) is 4.90 Å². The number of anilines is 1. The minimum Gasteiger partial charge on any atom is -0.266 e. The van der Waals surface area contributed by atoms with Gasteiger partial charge in [-0.15, -0.1) is 0 Å². The van der Waals surface area contributed by atoms with Crippen molar-refractivity contribution in [2.24, 2.45) is 4.99 Å². The van der Waals surface area contributed by atoms with Crippen LogP contribution in [0, 0.1) is 17.1 Å². The second-order valence-corrected chi connectivity index (χ2v) is 7.70. The molecule has 0 N–H and O–H groups in total. The van der Waals surface area contributed by atoms with Crippen LogP contribution in [0.4, 0.5) is 10.1 Å². The molecule has 2 aromatic rings. The van der Waals surface area contributed by atoms with Crippen LogP contribution < -0.4 is 4.90 Å². The average molecular weight is 420 g/mol. The molecule has 27 heavy (non-hydrogen) atoms. The van der Waals surface area contributed by atoms with E-state index in [1.807, 2.05) is 0 Å². The van der Waals surface area contributed by atoms with Crippen molar-refractivity contribution in [1.82, 2.24) is 0 Å². The van der Waals surface area contributed by atoms with E-state index < -0.39 is 17.0 Å². The zero-order valence-electron chi connectivity index (χ0n) is 14.0. The van der Waals surface area contributed by atoms with Gasteiger partial charge in [-0.1, -0.05) is 53.2 Å². The van der Waals surface area contributed by atoms with Crippen LogP contribution in [0.5, 0.6) is 0 Å². The second-order valence-electron chi connectivity index (χ2n) is 5.58. The molecule has 0 saturated heterocycles. The van der Waals surface area contributed by atoms with Gasteiger partial charge in [0.1, 0.15) is 11.5 Å². The van der Waals surface area contributed by atoms with E-state index in [9.17, 15) is 9.18 Å². The Bertz CT molecular complexity index is 1020. The van der Waals surface area contributed by atoms with Crippen molar-refractivity contribution in [3.05, 3.63) is 69.6 Å². The highest BCUT2D eigenvalue weighted by atomic mass is 35.5. The first-order valence-electron chi connectivity index (χ1n) is 7.81. The highest BCUT2D eigenvalue weighted by Crippen LogP contribution is 2.33. The quantitative estimate of drug-likeness (QED) is 0.615. The topological polar surface area (TPSA) is 56.5 Å². The number of aliphatic imine (C=N–C) groups is 1. The molecule has 0 spiro atoms. The van der Waals surface area contributed by atoms with Crippen LogP contribution in [0.25, 0.3) is 6.08 Å². The Balaban J connectivity index is 2.05. The average Bonchev–Trinajstić information content (AvgIpc) is 2.93. The lowest BCUT2D eigenvalue weighted by Crippen LogP contribution is -2.31. The summed E-state index contributed by atoms with van der Waals surface area (Å²) in [5, 5.41) is 9.61. The minimum absolute atomic E-state index is 0.0800. The molecule has 136 valence electrons. The molecule has 1 aliphatic heterocycles. The van der Waals surface area contributed by atoms with Gasteiger partial charge in [-0.3, -0.25) is 9.69 Å². The number of carbonyl (C=O) groups is 1. The van der Waals surface area contributed by atoms with Gasteiger partial charge in [-0.2, -0.15) is 5.26 Å². The van der Waals surface area contributed by atoms with Gasteiger partial charge < -0.3 is 0 Å². The number of amidine groups is 1. The summed E-state index contributed by atoms with van der Waals surface area (Å²) < 4.78 is 14.3. The van der Waals surface area contributed by atoms with Crippen molar-refractivity contribution >= 4 is 57.8 Å². The maximum atomic E-state index is 14.3. The highest BCUT2D eigenvalue weighted by molar-refractivity contribution is 8.15. The Labute approximate surface area is 169 Å². The van der Waals surface area contributed by atoms with Gasteiger partial charge in [0.2, 0.25) is 0 Å². The third-order valence-corrected chi connectivity index (χ3v) is 5.32. The number of thioether (sulfide) groups is 1. The van der Waals surface area contributed by atoms with E-state index in [1.165, 1.54) is 23.1 Å². The number of carbonyl (C=O) groups excluding carboxylic acids is 1. The predicted molar refractivity (Wildman–Crippen MR) is 108 cm³/mol. The molecule has 0 fully saturated rings. The number of hydrogen-bond acceptors (Lipinski definition) is 4. The zero-order valence-corrected chi connectivity index (χ0v) is 16.3. The van der Waals surface area contributed by atoms with Gasteiger partial charge in [-0.05, 0) is 42.8 Å². The van der Waals surface area contributed by atoms with Crippen molar-refractivity contribution in [3.8, 4) is 6.07 Å². The first-order chi connectivity index (χ1) is 12.9. The number of nitrogens with zero attached hydrogens (tertiary/aromatic N) is 3. The normalized spacial score (nSPS) is 16.4. The number of rotatable bonds is 3. The Morgan fingerprint density at radius 3 is 2.67 bits per heavy atom. The van der Waals surface area contributed by atoms with Crippen molar-refractivity contribution in [3.63, 3.8) is 0 Å². The standard InChI is InChI=1S/C19H12Cl2FN3OS/c1-11(10-23)27-19-24-16(9-12-6-7-13(20)14(21)8-12)18(26)25(19)17-5-3-2-4-15(17)22/h2-9,11H,1H3/b16-9-. The molecule has 2 aromatic carbocycles. The molecule has 0 saturated carbocycles. The zero-order chi connectivity index (χ0) is 19.6. The summed E-state index contributed by atoms with van der Waals surface area (Å²) in [6.07, 6.45) is 1.54. The summed E-state index contributed by atoms with van der Waals surface area (Å²) in [7, 11) is 0. The molecule has 4 nitrogen and oxygen atoms in total. The Morgan fingerprint density at radius 1 is 1.26 bits per heavy atom. The first kappa shape index (κ1) is 19.4. The first-order valence-corrected chi connectivity index (χ1v) is 9.45. The van der Waals surface area contributed by atoms with Crippen molar-refractivity contribution in [2.45, 2.75) is 12.2 Å². The molecule has 0 aliphatic carbocycles. The fourth-order valence-corrected chi connectivity index (χ4v) is 3.48. The number of halogens is 3. The van der Waals surface area contributed by atoms with E-state index in [0.29, 0.717) is 15.6 Å². The SMILES string of the molecule is CC(C#N)SC1=N/C(=C\c2ccc(Cl)c(Cl)c2)C(=O)N1c1ccccc1F. The van der Waals surface area contributed by atoms with E-state index in [4.69, 9.17) is 28.5 Å². The van der Waals surface area contributed by atoms with Crippen LogP contribution in [-0.4, -0.2) is 16.3 Å². The minimum atomic E-state index is -0.556. The lowest BCUT2D eigenvalue weighted by molar-refractivity contribution is -0.113. The van der Waals surface area contributed by atoms with E-state index in [1.54, 1.807) is 37.3 Å². The molecule has 0 aromatic heterocycles. The molecular formula is C19H12Cl2FN3OS. The third kappa shape index (κ3) is 4.16. The maximum Gasteiger partial charge on any atom is 0.283 e. The monoisotopic (exact) mass is 419 g/mol. The van der Waals surface area contributed by atoms with Gasteiger partial charge in [0.25, 0.3) is 5.91 Å². The summed E-state index contributed by atoms with van der Waals surface area (Å²) in [6, 6.07) is 12.9. The molecule has 1 atom stereocenters. The molecule has 1 aliphatic rings. The predicted octanol–water partition coefficient (Wildman–Crippen LogP) is 5.52. The molecule has 8 heteroatoms. The molecule has 0 bridgehead atoms. The van der Waals surface area contributed by atoms with E-state index in [2.05, 4.69) is 11.1 Å². The molecule has 1 heterocycles. The van der Waals surface area contributed by atoms with Crippen LogP contribution in [-0.2, 0) is 4.79 Å². The molecular weight excluding hydrogens is 408 g/mol. The maximum absolute atomic E-state index is 14.3. The third-order valence-electron chi connectivity index (χ3n) is 3.63. The van der Waals surface area contributed by atoms with E-state index in [-0.39, 0.29) is 16.6 Å². The molecule has 3 rings (SSSR count). The fraction of sp³-hybridized carbons (Fsp3) is 0.105. The lowest BCUT2D eigenvalue weighted by Gasteiger charge is -2.18. The number of hydrogen-bond donors (Lipinski definition) is 0. The number of nitriles is 1. The van der Waals surface area contributed by atoms with Gasteiger partial charge in [0.05, 0.1) is 27.1 Å². The van der Waals surface area contributed by atoms with Crippen molar-refractivity contribution in [1.29, 1.82) is 5.26 Å². The Kier molecular flexibility index (Phi) is 5.85. The summed E-state index contributed by atoms with van der Waals surface area (Å²) in [5.41, 5.74) is 0.824. The largest absolute Gasteiger partial charge is 0.283 e. The summed E-state index contributed by atoms with van der Waals surface area (Å²) >= 11 is 13.0. The van der Waals surface area contributed by atoms with Gasteiger partial charge in [-0.25, -0.2) is 9.38 Å². The Hall–Kier alpha value is -2.33. The number of para-hydroxylation sites is 1. The van der Waals surface area contributed by atoms with Crippen LogP contribution in [0.3, 0.4) is 0 Å². The van der Waals surface area contributed by atoms with Crippen LogP contribution in [0.1, 0.15) is 12.5 Å². The summed E-state index contributed by atoms with van der Waals surface area (Å²) in [6.45, 7) is 1.68. The van der Waals surface area contributed by atoms with Gasteiger partial charge >= 0.3 is 0 Å². The van der Waals surface area contributed by atoms with Crippen LogP contribution in [0.2, 0.25) is 10.0 Å². The molecule has 1 unspecified atom stereocenters. The highest BCUT2D eigenvalue weighted by Gasteiger charge is 2.34. The fourth-order valence-electron chi connectivity index (χ4n) is 2.37. The second kappa shape index (κ2) is 8.13. The van der Waals surface area contributed by atoms with Gasteiger partial charge in [0, 0.05) is 0 Å². The lowest BCUT2D eigenvalue weighted by atomic mass is 10.2. The van der Waals surface area contributed by atoms with E-state index in [0.717, 1.165) is 11.8 Å². The van der Waals surface area contributed by atoms with Crippen LogP contribution >= 0.6 is 35.0 Å². The smallest absolute Gasteiger partial charge is 0.266 e. The molecule has 0 radical (unpaired) electrons. The van der Waals surface area contributed by atoms with Crippen LogP contribution in [0.15, 0.2) is 53.2 Å². The van der Waals surface area contributed by atoms with Gasteiger partial charge in [0.15, 0.2) is 5.17 Å². The summed E-state index contributed by atoms with van der Waals surface area (Å²) in [5.74, 6) is -1.04. The molecule has 1 amide bonds. The Morgan fingerprint density at radius 2 is 2.00 bits per heavy atom. The van der Waals surface area contributed by atoms with Crippen molar-refractivity contribution < 1.29 is 9.18 Å². The summed E-state index contributed by atoms with van der Waals surface area (Å²) in [4.78, 5) is 18.4. The number of amides is 1. The number of benzene rings is 2. The van der Waals surface area contributed by atoms with E-state index >= 15 is 0 Å².